The number of nitrogens with one attached hydrogen (secondary N) is 2. The van der Waals surface area contributed by atoms with Crippen LogP contribution in [0, 0.1) is 6.92 Å². The highest BCUT2D eigenvalue weighted by atomic mass is 35.5. The molecule has 0 fully saturated rings. The topological polar surface area (TPSA) is 61.3 Å². The second kappa shape index (κ2) is 6.71. The van der Waals surface area contributed by atoms with Gasteiger partial charge in [-0.1, -0.05) is 0 Å². The van der Waals surface area contributed by atoms with Crippen LogP contribution in [0.1, 0.15) is 21.8 Å². The maximum absolute atomic E-state index is 12.2. The number of aromatic nitrogens is 1. The van der Waals surface area contributed by atoms with Crippen LogP contribution in [0.3, 0.4) is 0 Å². The van der Waals surface area contributed by atoms with Crippen LogP contribution >= 0.6 is 11.6 Å². The number of benzene rings is 1. The third kappa shape index (κ3) is 3.47. The first-order valence-corrected chi connectivity index (χ1v) is 8.14. The molecule has 0 spiro atoms. The van der Waals surface area contributed by atoms with Crippen molar-refractivity contribution in [3.63, 3.8) is 0 Å². The third-order valence-corrected chi connectivity index (χ3v) is 4.19. The van der Waals surface area contributed by atoms with Crippen LogP contribution in [-0.4, -0.2) is 36.4 Å². The zero-order valence-electron chi connectivity index (χ0n) is 13.9. The van der Waals surface area contributed by atoms with Gasteiger partial charge in [-0.25, -0.2) is 0 Å². The van der Waals surface area contributed by atoms with Crippen LogP contribution in [0.2, 0.25) is 5.22 Å². The van der Waals surface area contributed by atoms with Gasteiger partial charge in [0.25, 0.3) is 5.91 Å². The van der Waals surface area contributed by atoms with E-state index in [1.807, 2.05) is 18.2 Å². The number of halogens is 1. The van der Waals surface area contributed by atoms with E-state index in [4.69, 9.17) is 16.0 Å². The molecule has 0 bridgehead atoms. The quantitative estimate of drug-likeness (QED) is 0.732. The minimum Gasteiger partial charge on any atom is -0.440 e. The predicted molar refractivity (Wildman–Crippen MR) is 97.0 cm³/mol. The van der Waals surface area contributed by atoms with E-state index in [1.54, 1.807) is 12.1 Å². The summed E-state index contributed by atoms with van der Waals surface area (Å²) < 4.78 is 5.14. The lowest BCUT2D eigenvalue weighted by Gasteiger charge is -2.09. The molecule has 1 aromatic carbocycles. The van der Waals surface area contributed by atoms with Crippen molar-refractivity contribution in [2.24, 2.45) is 0 Å². The number of nitrogens with zero attached hydrogens (tertiary/aromatic N) is 1. The summed E-state index contributed by atoms with van der Waals surface area (Å²) in [6.07, 6.45) is 0.948. The molecular formula is C18H20ClN3O2. The molecule has 24 heavy (non-hydrogen) atoms. The molecule has 126 valence electrons. The zero-order valence-corrected chi connectivity index (χ0v) is 14.7. The van der Waals surface area contributed by atoms with Gasteiger partial charge in [0.05, 0.1) is 0 Å². The van der Waals surface area contributed by atoms with Gasteiger partial charge in [-0.15, -0.1) is 0 Å². The molecule has 6 heteroatoms. The highest BCUT2D eigenvalue weighted by Gasteiger charge is 2.13. The maximum atomic E-state index is 12.2. The minimum absolute atomic E-state index is 0.193. The molecule has 0 radical (unpaired) electrons. The van der Waals surface area contributed by atoms with Gasteiger partial charge in [-0.05, 0) is 74.9 Å². The molecule has 3 rings (SSSR count). The first-order chi connectivity index (χ1) is 11.4. The largest absolute Gasteiger partial charge is 0.440 e. The lowest BCUT2D eigenvalue weighted by molar-refractivity contribution is 0.0997. The Balaban J connectivity index is 1.87. The fraction of sp³-hybridized carbons (Fsp3) is 0.278. The van der Waals surface area contributed by atoms with Gasteiger partial charge in [0.2, 0.25) is 0 Å². The van der Waals surface area contributed by atoms with E-state index < -0.39 is 0 Å². The first-order valence-electron chi connectivity index (χ1n) is 7.76. The van der Waals surface area contributed by atoms with Crippen LogP contribution in [0.4, 0.5) is 5.69 Å². The van der Waals surface area contributed by atoms with Crippen molar-refractivity contribution in [3.05, 3.63) is 52.6 Å². The Morgan fingerprint density at radius 1 is 1.29 bits per heavy atom. The summed E-state index contributed by atoms with van der Waals surface area (Å²) in [7, 11) is 4.12. The van der Waals surface area contributed by atoms with E-state index in [9.17, 15) is 4.79 Å². The summed E-state index contributed by atoms with van der Waals surface area (Å²) >= 11 is 5.71. The van der Waals surface area contributed by atoms with E-state index in [-0.39, 0.29) is 16.9 Å². The number of aryl methyl sites for hydroxylation is 1. The van der Waals surface area contributed by atoms with E-state index in [1.165, 1.54) is 5.56 Å². The van der Waals surface area contributed by atoms with Gasteiger partial charge in [0, 0.05) is 28.8 Å². The van der Waals surface area contributed by atoms with E-state index in [2.05, 4.69) is 36.2 Å². The number of H-pyrrole nitrogens is 1. The number of rotatable bonds is 5. The number of aromatic amines is 1. The lowest BCUT2D eigenvalue weighted by Crippen LogP contribution is -2.15. The summed E-state index contributed by atoms with van der Waals surface area (Å²) in [6.45, 7) is 3.05. The zero-order chi connectivity index (χ0) is 17.3. The summed E-state index contributed by atoms with van der Waals surface area (Å²) in [5, 5.41) is 4.18. The van der Waals surface area contributed by atoms with Gasteiger partial charge in [-0.2, -0.15) is 0 Å². The summed E-state index contributed by atoms with van der Waals surface area (Å²) in [5.41, 5.74) is 4.23. The van der Waals surface area contributed by atoms with Gasteiger partial charge < -0.3 is 19.6 Å². The Bertz CT molecular complexity index is 880. The van der Waals surface area contributed by atoms with Crippen molar-refractivity contribution in [1.29, 1.82) is 0 Å². The second-order valence-corrected chi connectivity index (χ2v) is 6.47. The van der Waals surface area contributed by atoms with Gasteiger partial charge in [-0.3, -0.25) is 4.79 Å². The molecule has 0 aliphatic carbocycles. The highest BCUT2D eigenvalue weighted by molar-refractivity contribution is 6.29. The number of carbonyl (C=O) groups excluding carboxylic acids is 1. The number of furan rings is 1. The predicted octanol–water partition coefficient (Wildman–Crippen LogP) is 4.08. The molecule has 0 aliphatic rings. The van der Waals surface area contributed by atoms with E-state index >= 15 is 0 Å². The molecule has 2 N–H and O–H groups in total. The maximum Gasteiger partial charge on any atom is 0.291 e. The van der Waals surface area contributed by atoms with Crippen LogP contribution in [0.25, 0.3) is 10.9 Å². The Labute approximate surface area is 145 Å². The SMILES string of the molecule is Cc1[nH]c2ccc(NC(=O)c3ccc(Cl)o3)cc2c1CCN(C)C. The van der Waals surface area contributed by atoms with Crippen molar-refractivity contribution in [2.75, 3.05) is 26.0 Å². The molecule has 1 amide bonds. The third-order valence-electron chi connectivity index (χ3n) is 3.98. The lowest BCUT2D eigenvalue weighted by atomic mass is 10.1. The number of hydrogen-bond acceptors (Lipinski definition) is 3. The van der Waals surface area contributed by atoms with Crippen molar-refractivity contribution in [1.82, 2.24) is 9.88 Å². The molecule has 0 unspecified atom stereocenters. The summed E-state index contributed by atoms with van der Waals surface area (Å²) in [4.78, 5) is 17.7. The van der Waals surface area contributed by atoms with Crippen molar-refractivity contribution in [3.8, 4) is 0 Å². The van der Waals surface area contributed by atoms with Crippen LogP contribution < -0.4 is 5.32 Å². The number of amides is 1. The Morgan fingerprint density at radius 2 is 2.08 bits per heavy atom. The number of carbonyl (C=O) groups is 1. The monoisotopic (exact) mass is 345 g/mol. The first kappa shape index (κ1) is 16.6. The Kier molecular flexibility index (Phi) is 4.64. The molecule has 2 heterocycles. The fourth-order valence-electron chi connectivity index (χ4n) is 2.75. The highest BCUT2D eigenvalue weighted by Crippen LogP contribution is 2.26. The molecule has 0 saturated heterocycles. The molecule has 3 aromatic rings. The molecule has 5 nitrogen and oxygen atoms in total. The molecular weight excluding hydrogens is 326 g/mol. The average molecular weight is 346 g/mol. The number of anilines is 1. The molecule has 2 aromatic heterocycles. The van der Waals surface area contributed by atoms with Gasteiger partial charge in [0.1, 0.15) is 0 Å². The molecule has 0 atom stereocenters. The van der Waals surface area contributed by atoms with Crippen LogP contribution in [0.15, 0.2) is 34.7 Å². The Morgan fingerprint density at radius 3 is 2.75 bits per heavy atom. The minimum atomic E-state index is -0.316. The number of likely N-dealkylation sites (N-methyl/N-ethyl adjacent to an activating group) is 1. The normalized spacial score (nSPS) is 11.4. The summed E-state index contributed by atoms with van der Waals surface area (Å²) in [5.74, 6) is -0.124. The standard InChI is InChI=1S/C18H20ClN3O2/c1-11-13(8-9-22(2)3)14-10-12(4-5-15(14)20-11)21-18(23)16-6-7-17(19)24-16/h4-7,10,20H,8-9H2,1-3H3,(H,21,23). The summed E-state index contributed by atoms with van der Waals surface area (Å²) in [6, 6.07) is 8.95. The van der Waals surface area contributed by atoms with Crippen LogP contribution in [-0.2, 0) is 6.42 Å². The van der Waals surface area contributed by atoms with Gasteiger partial charge in [0.15, 0.2) is 11.0 Å². The smallest absolute Gasteiger partial charge is 0.291 e. The van der Waals surface area contributed by atoms with E-state index in [0.29, 0.717) is 0 Å². The van der Waals surface area contributed by atoms with E-state index in [0.717, 1.165) is 35.2 Å². The fourth-order valence-corrected chi connectivity index (χ4v) is 2.89. The Hall–Kier alpha value is -2.24. The number of fused-ring (bicyclic) bond motifs is 1. The number of hydrogen-bond donors (Lipinski definition) is 2. The van der Waals surface area contributed by atoms with Gasteiger partial charge >= 0.3 is 0 Å². The molecule has 0 aliphatic heterocycles. The van der Waals surface area contributed by atoms with Crippen LogP contribution in [0.5, 0.6) is 0 Å². The second-order valence-electron chi connectivity index (χ2n) is 6.10. The van der Waals surface area contributed by atoms with Crippen molar-refractivity contribution >= 4 is 34.1 Å². The molecule has 0 saturated carbocycles. The van der Waals surface area contributed by atoms with Crippen molar-refractivity contribution < 1.29 is 9.21 Å². The average Bonchev–Trinajstić information content (AvgIpc) is 3.08. The van der Waals surface area contributed by atoms with Crippen molar-refractivity contribution in [2.45, 2.75) is 13.3 Å².